The molecular weight excluding hydrogens is 374 g/mol. The average molecular weight is 398 g/mol. The molecule has 1 saturated heterocycles. The molecule has 2 atom stereocenters. The first-order valence-corrected chi connectivity index (χ1v) is 10.2. The van der Waals surface area contributed by atoms with E-state index in [0.29, 0.717) is 17.8 Å². The van der Waals surface area contributed by atoms with Crippen molar-refractivity contribution in [3.63, 3.8) is 0 Å². The number of hydrogen-bond donors (Lipinski definition) is 1. The third kappa shape index (κ3) is 3.07. The van der Waals surface area contributed by atoms with Gasteiger partial charge in [-0.1, -0.05) is 6.07 Å². The van der Waals surface area contributed by atoms with Crippen LogP contribution in [0.4, 0.5) is 0 Å². The monoisotopic (exact) mass is 397 g/mol. The Bertz CT molecular complexity index is 1060. The zero-order valence-electron chi connectivity index (χ0n) is 16.2. The van der Waals surface area contributed by atoms with Crippen LogP contribution in [0.25, 0.3) is 21.6 Å². The first-order chi connectivity index (χ1) is 13.4. The van der Waals surface area contributed by atoms with E-state index in [9.17, 15) is 9.59 Å². The van der Waals surface area contributed by atoms with Gasteiger partial charge in [-0.15, -0.1) is 11.3 Å². The number of hydrogen-bond acceptors (Lipinski definition) is 5. The number of aromatic nitrogens is 3. The first kappa shape index (κ1) is 18.6. The van der Waals surface area contributed by atoms with E-state index in [1.807, 2.05) is 44.5 Å². The van der Waals surface area contributed by atoms with E-state index in [0.717, 1.165) is 34.5 Å². The van der Waals surface area contributed by atoms with E-state index in [4.69, 9.17) is 10.7 Å². The van der Waals surface area contributed by atoms with Crippen LogP contribution in [0.5, 0.6) is 0 Å². The topological polar surface area (TPSA) is 94.1 Å². The highest BCUT2D eigenvalue weighted by atomic mass is 32.1. The molecule has 1 aliphatic heterocycles. The number of amides is 2. The molecule has 3 aromatic heterocycles. The number of primary amides is 1. The fourth-order valence-corrected chi connectivity index (χ4v) is 4.63. The van der Waals surface area contributed by atoms with Crippen molar-refractivity contribution < 1.29 is 9.59 Å². The molecular formula is C20H23N5O2S. The molecule has 146 valence electrons. The van der Waals surface area contributed by atoms with Gasteiger partial charge in [0.2, 0.25) is 5.91 Å². The summed E-state index contributed by atoms with van der Waals surface area (Å²) in [6, 6.07) is 5.86. The summed E-state index contributed by atoms with van der Waals surface area (Å²) in [5.41, 5.74) is 8.30. The number of thiophene rings is 1. The second kappa shape index (κ2) is 7.01. The summed E-state index contributed by atoms with van der Waals surface area (Å²) in [5, 5.41) is 7.23. The Kier molecular flexibility index (Phi) is 4.66. The summed E-state index contributed by atoms with van der Waals surface area (Å²) < 4.78 is 1.71. The molecule has 4 rings (SSSR count). The van der Waals surface area contributed by atoms with Crippen molar-refractivity contribution in [3.05, 3.63) is 34.8 Å². The zero-order valence-corrected chi connectivity index (χ0v) is 17.0. The molecule has 1 fully saturated rings. The minimum atomic E-state index is -0.346. The molecule has 8 heteroatoms. The van der Waals surface area contributed by atoms with Crippen molar-refractivity contribution in [3.8, 4) is 10.6 Å². The minimum absolute atomic E-state index is 0.0495. The Morgan fingerprint density at radius 1 is 1.32 bits per heavy atom. The summed E-state index contributed by atoms with van der Waals surface area (Å²) >= 11 is 1.58. The highest BCUT2D eigenvalue weighted by molar-refractivity contribution is 7.13. The van der Waals surface area contributed by atoms with E-state index in [1.54, 1.807) is 20.9 Å². The Morgan fingerprint density at radius 3 is 2.79 bits per heavy atom. The van der Waals surface area contributed by atoms with Gasteiger partial charge in [0.15, 0.2) is 5.65 Å². The maximum Gasteiger partial charge on any atom is 0.255 e. The van der Waals surface area contributed by atoms with Gasteiger partial charge in [-0.3, -0.25) is 14.3 Å². The Labute approximate surface area is 167 Å². The van der Waals surface area contributed by atoms with Crippen LogP contribution in [0.15, 0.2) is 23.6 Å². The summed E-state index contributed by atoms with van der Waals surface area (Å²) in [7, 11) is 1.83. The number of fused-ring (bicyclic) bond motifs is 1. The van der Waals surface area contributed by atoms with E-state index in [-0.39, 0.29) is 23.8 Å². The van der Waals surface area contributed by atoms with E-state index >= 15 is 0 Å². The quantitative estimate of drug-likeness (QED) is 0.735. The number of nitrogens with zero attached hydrogens (tertiary/aromatic N) is 4. The minimum Gasteiger partial charge on any atom is -0.369 e. The van der Waals surface area contributed by atoms with Crippen LogP contribution in [0.2, 0.25) is 0 Å². The van der Waals surface area contributed by atoms with E-state index in [2.05, 4.69) is 5.10 Å². The second-order valence-electron chi connectivity index (χ2n) is 7.42. The molecule has 2 N–H and O–H groups in total. The fourth-order valence-electron chi connectivity index (χ4n) is 3.94. The number of likely N-dealkylation sites (tertiary alicyclic amines) is 1. The zero-order chi connectivity index (χ0) is 20.0. The maximum absolute atomic E-state index is 13.6. The fraction of sp³-hybridized carbons (Fsp3) is 0.400. The number of carbonyl (C=O) groups excluding carboxylic acids is 2. The van der Waals surface area contributed by atoms with Crippen molar-refractivity contribution >= 4 is 34.2 Å². The lowest BCUT2D eigenvalue weighted by Crippen LogP contribution is -2.48. The van der Waals surface area contributed by atoms with Crippen molar-refractivity contribution in [2.75, 3.05) is 6.54 Å². The van der Waals surface area contributed by atoms with Gasteiger partial charge in [-0.25, -0.2) is 4.98 Å². The molecule has 0 spiro atoms. The lowest BCUT2D eigenvalue weighted by atomic mass is 9.92. The number of pyridine rings is 1. The van der Waals surface area contributed by atoms with Gasteiger partial charge in [0.1, 0.15) is 0 Å². The number of carbonyl (C=O) groups is 2. The smallest absolute Gasteiger partial charge is 0.255 e. The Balaban J connectivity index is 1.84. The van der Waals surface area contributed by atoms with Crippen molar-refractivity contribution in [2.45, 2.75) is 32.7 Å². The molecule has 2 amide bonds. The summed E-state index contributed by atoms with van der Waals surface area (Å²) in [6.07, 6.45) is 1.48. The molecule has 3 aromatic rings. The molecule has 0 radical (unpaired) electrons. The number of aryl methyl sites for hydroxylation is 2. The van der Waals surface area contributed by atoms with E-state index in [1.165, 1.54) is 0 Å². The third-order valence-corrected chi connectivity index (χ3v) is 6.41. The van der Waals surface area contributed by atoms with Gasteiger partial charge in [0, 0.05) is 19.6 Å². The molecule has 4 heterocycles. The van der Waals surface area contributed by atoms with Gasteiger partial charge < -0.3 is 10.6 Å². The number of rotatable bonds is 3. The Morgan fingerprint density at radius 2 is 2.11 bits per heavy atom. The predicted octanol–water partition coefficient (Wildman–Crippen LogP) is 2.73. The van der Waals surface area contributed by atoms with Crippen LogP contribution >= 0.6 is 11.3 Å². The van der Waals surface area contributed by atoms with Gasteiger partial charge in [0.05, 0.1) is 33.1 Å². The van der Waals surface area contributed by atoms with Crippen molar-refractivity contribution in [2.24, 2.45) is 18.7 Å². The Hall–Kier alpha value is -2.74. The van der Waals surface area contributed by atoms with Crippen LogP contribution in [0.1, 0.15) is 35.8 Å². The predicted molar refractivity (Wildman–Crippen MR) is 109 cm³/mol. The largest absolute Gasteiger partial charge is 0.369 e. The van der Waals surface area contributed by atoms with Crippen molar-refractivity contribution in [1.29, 1.82) is 0 Å². The van der Waals surface area contributed by atoms with Crippen LogP contribution in [0, 0.1) is 12.8 Å². The first-order valence-electron chi connectivity index (χ1n) is 9.35. The summed E-state index contributed by atoms with van der Waals surface area (Å²) in [6.45, 7) is 4.26. The summed E-state index contributed by atoms with van der Waals surface area (Å²) in [4.78, 5) is 32.8. The second-order valence-corrected chi connectivity index (χ2v) is 8.37. The molecule has 0 saturated carbocycles. The molecule has 7 nitrogen and oxygen atoms in total. The number of nitrogens with two attached hydrogens (primary N) is 1. The SMILES string of the molecule is Cc1nn(C)c2nc(-c3cccs3)cc(C(=O)N3CC(C(N)=O)CCC3C)c12. The molecule has 0 aliphatic carbocycles. The van der Waals surface area contributed by atoms with Crippen LogP contribution in [-0.4, -0.2) is 44.1 Å². The van der Waals surface area contributed by atoms with Gasteiger partial charge in [0.25, 0.3) is 5.91 Å². The highest BCUT2D eigenvalue weighted by Crippen LogP contribution is 2.31. The van der Waals surface area contributed by atoms with Gasteiger partial charge in [-0.05, 0) is 44.2 Å². The lowest BCUT2D eigenvalue weighted by molar-refractivity contribution is -0.123. The van der Waals surface area contributed by atoms with E-state index < -0.39 is 0 Å². The molecule has 0 bridgehead atoms. The molecule has 1 aliphatic rings. The molecule has 0 aromatic carbocycles. The molecule has 28 heavy (non-hydrogen) atoms. The summed E-state index contributed by atoms with van der Waals surface area (Å²) in [5.74, 6) is -0.745. The number of piperidine rings is 1. The van der Waals surface area contributed by atoms with Crippen LogP contribution in [-0.2, 0) is 11.8 Å². The highest BCUT2D eigenvalue weighted by Gasteiger charge is 2.33. The van der Waals surface area contributed by atoms with Crippen LogP contribution in [0.3, 0.4) is 0 Å². The van der Waals surface area contributed by atoms with Gasteiger partial charge >= 0.3 is 0 Å². The average Bonchev–Trinajstić information content (AvgIpc) is 3.29. The lowest BCUT2D eigenvalue weighted by Gasteiger charge is -2.37. The van der Waals surface area contributed by atoms with Crippen LogP contribution < -0.4 is 5.73 Å². The van der Waals surface area contributed by atoms with Gasteiger partial charge in [-0.2, -0.15) is 5.10 Å². The molecule has 2 unspecified atom stereocenters. The maximum atomic E-state index is 13.6. The van der Waals surface area contributed by atoms with Crippen molar-refractivity contribution in [1.82, 2.24) is 19.7 Å². The normalized spacial score (nSPS) is 19.9. The third-order valence-electron chi connectivity index (χ3n) is 5.52. The standard InChI is InChI=1S/C20H23N5O2S/c1-11-6-7-13(18(21)26)10-25(11)20(27)14-9-15(16-5-4-8-28-16)22-19-17(14)12(2)23-24(19)3/h4-5,8-9,11,13H,6-7,10H2,1-3H3,(H2,21,26).